The minimum atomic E-state index is -0.0948. The highest BCUT2D eigenvalue weighted by Crippen LogP contribution is 2.33. The van der Waals surface area contributed by atoms with Crippen molar-refractivity contribution < 1.29 is 14.9 Å². The van der Waals surface area contributed by atoms with E-state index in [0.29, 0.717) is 5.82 Å². The smallest absolute Gasteiger partial charge is 0.226 e. The maximum Gasteiger partial charge on any atom is 0.226 e. The molecule has 17 heavy (non-hydrogen) atoms. The van der Waals surface area contributed by atoms with Crippen molar-refractivity contribution >= 4 is 29.0 Å². The third kappa shape index (κ3) is 3.57. The number of aliphatic hydroxyl groups excluding tert-OH is 2. The van der Waals surface area contributed by atoms with Gasteiger partial charge in [-0.05, 0) is 11.6 Å². The van der Waals surface area contributed by atoms with E-state index in [2.05, 4.69) is 9.97 Å². The number of rotatable bonds is 6. The zero-order valence-electron chi connectivity index (χ0n) is 9.23. The predicted octanol–water partition coefficient (Wildman–Crippen LogP) is 0.583. The Balaban J connectivity index is 3.15. The molecule has 0 radical (unpaired) electrons. The van der Waals surface area contributed by atoms with Gasteiger partial charge in [0.25, 0.3) is 0 Å². The summed E-state index contributed by atoms with van der Waals surface area (Å²) in [6.07, 6.45) is 0. The number of nitrogens with zero attached hydrogens (tertiary/aromatic N) is 3. The molecule has 0 saturated heterocycles. The van der Waals surface area contributed by atoms with Gasteiger partial charge < -0.3 is 19.8 Å². The Morgan fingerprint density at radius 3 is 2.24 bits per heavy atom. The number of hydrogen-bond donors (Lipinski definition) is 2. The lowest BCUT2D eigenvalue weighted by molar-refractivity contribution is 0.279. The summed E-state index contributed by atoms with van der Waals surface area (Å²) in [4.78, 5) is 9.35. The first-order valence-electron chi connectivity index (χ1n) is 4.87. The molecule has 0 fully saturated rings. The van der Waals surface area contributed by atoms with E-state index in [4.69, 9.17) is 38.2 Å². The van der Waals surface area contributed by atoms with E-state index < -0.39 is 0 Å². The molecule has 0 bridgehead atoms. The van der Waals surface area contributed by atoms with Gasteiger partial charge in [-0.25, -0.2) is 4.98 Å². The van der Waals surface area contributed by atoms with E-state index in [0.717, 1.165) is 0 Å². The average Bonchev–Trinajstić information content (AvgIpc) is 2.28. The summed E-state index contributed by atoms with van der Waals surface area (Å²) in [5.41, 5.74) is 0. The van der Waals surface area contributed by atoms with Crippen LogP contribution in [0.5, 0.6) is 5.75 Å². The number of aliphatic hydroxyl groups is 2. The van der Waals surface area contributed by atoms with Gasteiger partial charge in [-0.2, -0.15) is 4.98 Å². The molecule has 96 valence electrons. The molecule has 0 aliphatic carbocycles. The summed E-state index contributed by atoms with van der Waals surface area (Å²) in [7, 11) is 1.43. The quantitative estimate of drug-likeness (QED) is 0.587. The van der Waals surface area contributed by atoms with Crippen molar-refractivity contribution in [3.63, 3.8) is 0 Å². The lowest BCUT2D eigenvalue weighted by atomic mass is 10.4. The molecule has 1 heterocycles. The van der Waals surface area contributed by atoms with Gasteiger partial charge >= 0.3 is 0 Å². The fourth-order valence-electron chi connectivity index (χ4n) is 1.34. The standard InChI is InChI=1S/C9H13Cl2N3O3/c1-17-6-7(10)12-9(11)13-8(6)14(2-4-15)3-5-16/h15-16H,2-5H2,1H3. The zero-order valence-corrected chi connectivity index (χ0v) is 10.7. The van der Waals surface area contributed by atoms with E-state index in [9.17, 15) is 0 Å². The van der Waals surface area contributed by atoms with Gasteiger partial charge in [-0.3, -0.25) is 0 Å². The van der Waals surface area contributed by atoms with Crippen LogP contribution in [-0.2, 0) is 0 Å². The Morgan fingerprint density at radius 2 is 1.76 bits per heavy atom. The molecular formula is C9H13Cl2N3O3. The fourth-order valence-corrected chi connectivity index (χ4v) is 1.79. The molecule has 1 aromatic heterocycles. The Hall–Kier alpha value is -0.820. The Morgan fingerprint density at radius 1 is 1.18 bits per heavy atom. The molecule has 0 saturated carbocycles. The first kappa shape index (κ1) is 14.2. The highest BCUT2D eigenvalue weighted by atomic mass is 35.5. The molecular weight excluding hydrogens is 269 g/mol. The van der Waals surface area contributed by atoms with Gasteiger partial charge in [0, 0.05) is 13.1 Å². The molecule has 0 amide bonds. The predicted molar refractivity (Wildman–Crippen MR) is 65.0 cm³/mol. The molecule has 1 rings (SSSR count). The van der Waals surface area contributed by atoms with Gasteiger partial charge in [0.1, 0.15) is 0 Å². The lowest BCUT2D eigenvalue weighted by Crippen LogP contribution is -2.31. The molecule has 2 N–H and O–H groups in total. The van der Waals surface area contributed by atoms with Crippen molar-refractivity contribution in [2.45, 2.75) is 0 Å². The summed E-state index contributed by atoms with van der Waals surface area (Å²) in [6.45, 7) is 0.367. The van der Waals surface area contributed by atoms with E-state index in [1.54, 1.807) is 4.90 Å². The van der Waals surface area contributed by atoms with E-state index in [1.165, 1.54) is 7.11 Å². The van der Waals surface area contributed by atoms with Gasteiger partial charge in [-0.15, -0.1) is 0 Å². The fraction of sp³-hybridized carbons (Fsp3) is 0.556. The van der Waals surface area contributed by atoms with Crippen LogP contribution in [0.1, 0.15) is 0 Å². The number of ether oxygens (including phenoxy) is 1. The molecule has 1 aromatic rings. The summed E-state index contributed by atoms with van der Waals surface area (Å²) < 4.78 is 5.08. The molecule has 8 heteroatoms. The van der Waals surface area contributed by atoms with Gasteiger partial charge in [0.2, 0.25) is 5.28 Å². The SMILES string of the molecule is COc1c(Cl)nc(Cl)nc1N(CCO)CCO. The van der Waals surface area contributed by atoms with Gasteiger partial charge in [-0.1, -0.05) is 11.6 Å². The maximum absolute atomic E-state index is 8.95. The van der Waals surface area contributed by atoms with Gasteiger partial charge in [0.15, 0.2) is 16.7 Å². The second kappa shape index (κ2) is 6.80. The van der Waals surface area contributed by atoms with Crippen LogP contribution in [0.3, 0.4) is 0 Å². The monoisotopic (exact) mass is 281 g/mol. The third-order valence-corrected chi connectivity index (χ3v) is 2.45. The minimum absolute atomic E-state index is 0.0216. The van der Waals surface area contributed by atoms with Crippen LogP contribution in [0.25, 0.3) is 0 Å². The molecule has 0 aliphatic heterocycles. The molecule has 0 atom stereocenters. The van der Waals surface area contributed by atoms with Gasteiger partial charge in [0.05, 0.1) is 20.3 Å². The zero-order chi connectivity index (χ0) is 12.8. The summed E-state index contributed by atoms with van der Waals surface area (Å²) in [5.74, 6) is 0.610. The van der Waals surface area contributed by atoms with E-state index in [1.807, 2.05) is 0 Å². The first-order valence-corrected chi connectivity index (χ1v) is 5.63. The topological polar surface area (TPSA) is 78.7 Å². The van der Waals surface area contributed by atoms with Crippen LogP contribution in [0.2, 0.25) is 10.4 Å². The second-order valence-corrected chi connectivity index (χ2v) is 3.77. The lowest BCUT2D eigenvalue weighted by Gasteiger charge is -2.23. The highest BCUT2D eigenvalue weighted by Gasteiger charge is 2.18. The summed E-state index contributed by atoms with van der Waals surface area (Å²) in [5, 5.41) is 18.0. The average molecular weight is 282 g/mol. The van der Waals surface area contributed by atoms with E-state index in [-0.39, 0.29) is 42.5 Å². The van der Waals surface area contributed by atoms with Crippen LogP contribution in [0.4, 0.5) is 5.82 Å². The molecule has 6 nitrogen and oxygen atoms in total. The van der Waals surface area contributed by atoms with Crippen LogP contribution < -0.4 is 9.64 Å². The largest absolute Gasteiger partial charge is 0.490 e. The number of halogens is 2. The highest BCUT2D eigenvalue weighted by molar-refractivity contribution is 6.33. The van der Waals surface area contributed by atoms with Crippen LogP contribution >= 0.6 is 23.2 Å². The third-order valence-electron chi connectivity index (χ3n) is 2.02. The van der Waals surface area contributed by atoms with Crippen molar-refractivity contribution in [2.75, 3.05) is 38.3 Å². The number of hydrogen-bond acceptors (Lipinski definition) is 6. The van der Waals surface area contributed by atoms with Crippen molar-refractivity contribution in [3.05, 3.63) is 10.4 Å². The Kier molecular flexibility index (Phi) is 5.70. The van der Waals surface area contributed by atoms with Crippen molar-refractivity contribution in [1.82, 2.24) is 9.97 Å². The minimum Gasteiger partial charge on any atom is -0.490 e. The van der Waals surface area contributed by atoms with Crippen molar-refractivity contribution in [3.8, 4) is 5.75 Å². The second-order valence-electron chi connectivity index (χ2n) is 3.07. The normalized spacial score (nSPS) is 10.4. The molecule has 0 aliphatic rings. The maximum atomic E-state index is 8.95. The van der Waals surface area contributed by atoms with Crippen molar-refractivity contribution in [1.29, 1.82) is 0 Å². The number of anilines is 1. The molecule has 0 aromatic carbocycles. The molecule has 0 unspecified atom stereocenters. The van der Waals surface area contributed by atoms with Crippen LogP contribution in [0, 0.1) is 0 Å². The Labute approximate surface area is 109 Å². The van der Waals surface area contributed by atoms with Crippen LogP contribution in [-0.4, -0.2) is 53.6 Å². The summed E-state index contributed by atoms with van der Waals surface area (Å²) in [6, 6.07) is 0. The number of aromatic nitrogens is 2. The molecule has 0 spiro atoms. The van der Waals surface area contributed by atoms with E-state index >= 15 is 0 Å². The van der Waals surface area contributed by atoms with Crippen LogP contribution in [0.15, 0.2) is 0 Å². The summed E-state index contributed by atoms with van der Waals surface area (Å²) >= 11 is 11.6. The Bertz CT molecular complexity index is 373. The number of methoxy groups -OCH3 is 1. The first-order chi connectivity index (χ1) is 8.13. The van der Waals surface area contributed by atoms with Crippen molar-refractivity contribution in [2.24, 2.45) is 0 Å².